The van der Waals surface area contributed by atoms with Crippen LogP contribution in [0.25, 0.3) is 43.7 Å². The maximum atomic E-state index is 17.6. The number of nitrogen functional groups attached to an aromatic ring is 1. The van der Waals surface area contributed by atoms with Gasteiger partial charge in [-0.2, -0.15) is 15.1 Å². The quantitative estimate of drug-likeness (QED) is 0.197. The first kappa shape index (κ1) is 30.5. The van der Waals surface area contributed by atoms with Crippen molar-refractivity contribution in [2.24, 2.45) is 7.05 Å². The maximum Gasteiger partial charge on any atom is 0.319 e. The molecule has 0 aliphatic carbocycles. The number of hydrogen-bond donors (Lipinski definition) is 1. The van der Waals surface area contributed by atoms with Crippen molar-refractivity contribution in [2.75, 3.05) is 50.5 Å². The molecule has 4 aliphatic heterocycles. The molecule has 4 saturated heterocycles. The maximum absolute atomic E-state index is 17.6. The molecule has 3 aromatic carbocycles. The molecule has 5 aromatic rings. The summed E-state index contributed by atoms with van der Waals surface area (Å²) >= 11 is 0. The number of hydrogen-bond acceptors (Lipinski definition) is 8. The van der Waals surface area contributed by atoms with Gasteiger partial charge in [-0.15, -0.1) is 6.42 Å². The average Bonchev–Trinajstić information content (AvgIpc) is 3.79. The van der Waals surface area contributed by atoms with E-state index < -0.39 is 23.3 Å². The predicted molar refractivity (Wildman–Crippen MR) is 184 cm³/mol. The number of aryl methyl sites for hydroxylation is 1. The summed E-state index contributed by atoms with van der Waals surface area (Å²) in [7, 11) is 3.90. The van der Waals surface area contributed by atoms with Crippen molar-refractivity contribution >= 4 is 44.1 Å². The molecular formula is C37H37F3N8O. The number of ether oxygens (including phenoxy) is 1. The van der Waals surface area contributed by atoms with Crippen LogP contribution in [0.2, 0.25) is 0 Å². The molecule has 9 nitrogen and oxygen atoms in total. The molecule has 9 rings (SSSR count). The van der Waals surface area contributed by atoms with Crippen molar-refractivity contribution in [1.29, 1.82) is 0 Å². The molecule has 0 saturated carbocycles. The lowest BCUT2D eigenvalue weighted by molar-refractivity contribution is 0.107. The largest absolute Gasteiger partial charge is 0.461 e. The van der Waals surface area contributed by atoms with Crippen LogP contribution in [0.3, 0.4) is 0 Å². The van der Waals surface area contributed by atoms with Crippen molar-refractivity contribution in [3.8, 4) is 29.5 Å². The van der Waals surface area contributed by atoms with Crippen molar-refractivity contribution in [3.05, 3.63) is 47.7 Å². The summed E-state index contributed by atoms with van der Waals surface area (Å²) in [4.78, 5) is 16.6. The minimum absolute atomic E-state index is 0.0144. The second-order valence-electron chi connectivity index (χ2n) is 14.4. The number of piperazine rings is 1. The first-order valence-corrected chi connectivity index (χ1v) is 17.0. The first-order valence-electron chi connectivity index (χ1n) is 17.0. The molecule has 0 spiro atoms. The van der Waals surface area contributed by atoms with Gasteiger partial charge in [-0.05, 0) is 68.4 Å². The average molecular weight is 667 g/mol. The zero-order valence-electron chi connectivity index (χ0n) is 27.5. The van der Waals surface area contributed by atoms with Crippen molar-refractivity contribution in [1.82, 2.24) is 29.5 Å². The molecule has 0 radical (unpaired) electrons. The van der Waals surface area contributed by atoms with Crippen LogP contribution in [0.15, 0.2) is 30.5 Å². The molecule has 2 bridgehead atoms. The molecule has 49 heavy (non-hydrogen) atoms. The van der Waals surface area contributed by atoms with E-state index in [2.05, 4.69) is 27.7 Å². The normalized spacial score (nSPS) is 25.6. The third-order valence-electron chi connectivity index (χ3n) is 11.3. The molecule has 4 aliphatic rings. The van der Waals surface area contributed by atoms with Crippen LogP contribution in [0, 0.1) is 24.0 Å². The van der Waals surface area contributed by atoms with Crippen LogP contribution in [-0.2, 0) is 7.05 Å². The lowest BCUT2D eigenvalue weighted by Gasteiger charge is -2.40. The van der Waals surface area contributed by atoms with E-state index in [-0.39, 0.29) is 41.3 Å². The third-order valence-corrected chi connectivity index (χ3v) is 11.3. The number of likely N-dealkylation sites (N-methyl/N-ethyl adjacent to an activating group) is 1. The summed E-state index contributed by atoms with van der Waals surface area (Å²) in [6.07, 6.45) is 10.9. The molecule has 2 N–H and O–H groups in total. The second kappa shape index (κ2) is 11.0. The monoisotopic (exact) mass is 666 g/mol. The Labute approximate surface area is 281 Å². The first-order chi connectivity index (χ1) is 23.6. The predicted octanol–water partition coefficient (Wildman–Crippen LogP) is 5.42. The van der Waals surface area contributed by atoms with Gasteiger partial charge in [0.05, 0.1) is 16.5 Å². The Kier molecular flexibility index (Phi) is 6.81. The summed E-state index contributed by atoms with van der Waals surface area (Å²) in [6, 6.07) is 6.59. The van der Waals surface area contributed by atoms with Gasteiger partial charge in [-0.25, -0.2) is 13.2 Å². The fraction of sp³-hybridized carbons (Fsp3) is 0.432. The number of anilines is 2. The zero-order valence-corrected chi connectivity index (χ0v) is 27.5. The van der Waals surface area contributed by atoms with Crippen LogP contribution in [-0.4, -0.2) is 93.2 Å². The number of fused-ring (bicyclic) bond motifs is 7. The van der Waals surface area contributed by atoms with Gasteiger partial charge >= 0.3 is 6.01 Å². The summed E-state index contributed by atoms with van der Waals surface area (Å²) in [5.74, 6) is 1.83. The van der Waals surface area contributed by atoms with Crippen LogP contribution in [0.1, 0.15) is 37.7 Å². The van der Waals surface area contributed by atoms with Gasteiger partial charge < -0.3 is 20.3 Å². The summed E-state index contributed by atoms with van der Waals surface area (Å²) in [6.45, 7) is 3.12. The summed E-state index contributed by atoms with van der Waals surface area (Å²) in [5, 5.41) is 6.90. The van der Waals surface area contributed by atoms with E-state index in [1.54, 1.807) is 29.9 Å². The molecule has 0 unspecified atom stereocenters. The van der Waals surface area contributed by atoms with E-state index in [1.807, 2.05) is 6.20 Å². The molecule has 4 atom stereocenters. The van der Waals surface area contributed by atoms with Gasteiger partial charge in [0.15, 0.2) is 5.82 Å². The van der Waals surface area contributed by atoms with E-state index in [1.165, 1.54) is 6.07 Å². The van der Waals surface area contributed by atoms with Crippen LogP contribution in [0.4, 0.5) is 24.7 Å². The lowest BCUT2D eigenvalue weighted by Crippen LogP contribution is -2.53. The van der Waals surface area contributed by atoms with Gasteiger partial charge in [0.1, 0.15) is 35.4 Å². The van der Waals surface area contributed by atoms with Gasteiger partial charge in [-0.3, -0.25) is 9.58 Å². The number of benzene rings is 3. The Morgan fingerprint density at radius 2 is 1.86 bits per heavy atom. The van der Waals surface area contributed by atoms with Crippen LogP contribution >= 0.6 is 0 Å². The Hall–Kier alpha value is -4.60. The molecule has 252 valence electrons. The van der Waals surface area contributed by atoms with E-state index in [0.717, 1.165) is 45.3 Å². The SMILES string of the molecule is C#Cc1c(F)ccc2cc(N)cc(-c3c(F)c4nc(OC[C@@]56CCCN5C[C@H](F)C6)nc(N5[C@@H]6CC[C@H]5CN(C)C6)c4c4cn(C)nc34)c12. The van der Waals surface area contributed by atoms with Crippen LogP contribution < -0.4 is 15.4 Å². The van der Waals surface area contributed by atoms with E-state index in [4.69, 9.17) is 32.0 Å². The Balaban J connectivity index is 1.31. The van der Waals surface area contributed by atoms with Gasteiger partial charge in [-0.1, -0.05) is 12.0 Å². The highest BCUT2D eigenvalue weighted by Crippen LogP contribution is 2.47. The number of nitrogens with zero attached hydrogens (tertiary/aromatic N) is 7. The number of alkyl halides is 1. The number of nitrogens with two attached hydrogens (primary N) is 1. The van der Waals surface area contributed by atoms with Gasteiger partial charge in [0.2, 0.25) is 0 Å². The highest BCUT2D eigenvalue weighted by Gasteiger charge is 2.49. The Bertz CT molecular complexity index is 2220. The van der Waals surface area contributed by atoms with Gasteiger partial charge in [0, 0.05) is 73.4 Å². The van der Waals surface area contributed by atoms with Crippen molar-refractivity contribution < 1.29 is 17.9 Å². The molecule has 0 amide bonds. The fourth-order valence-corrected chi connectivity index (χ4v) is 9.32. The second-order valence-corrected chi connectivity index (χ2v) is 14.4. The highest BCUT2D eigenvalue weighted by molar-refractivity contribution is 6.18. The molecule has 12 heteroatoms. The number of terminal acetylenes is 1. The fourth-order valence-electron chi connectivity index (χ4n) is 9.32. The molecule has 6 heterocycles. The smallest absolute Gasteiger partial charge is 0.319 e. The van der Waals surface area contributed by atoms with E-state index in [0.29, 0.717) is 57.1 Å². The van der Waals surface area contributed by atoms with E-state index >= 15 is 8.78 Å². The summed E-state index contributed by atoms with van der Waals surface area (Å²) < 4.78 is 55.5. The standard InChI is InChI=1S/C37H37F3N8O/c1-4-25-28(39)9-6-20-12-22(41)13-26(29(20)25)30-32(40)34-31(27-18-46(3)44-33(27)30)35(48-23-7-8-24(48)17-45(2)16-23)43-36(42-34)49-19-37-10-5-11-47(37)15-21(38)14-37/h1,6,9,12-13,18,21,23-24H,5,7-8,10-11,14-17,19,41H2,2-3H3/t21-,23-,24+,37+/m1/s1. The Morgan fingerprint density at radius 3 is 2.63 bits per heavy atom. The third kappa shape index (κ3) is 4.58. The number of halogens is 3. The number of likely N-dealkylation sites (tertiary alicyclic amines) is 1. The molecular weight excluding hydrogens is 629 g/mol. The summed E-state index contributed by atoms with van der Waals surface area (Å²) in [5.41, 5.74) is 7.20. The van der Waals surface area contributed by atoms with Crippen LogP contribution in [0.5, 0.6) is 6.01 Å². The zero-order chi connectivity index (χ0) is 33.8. The molecule has 4 fully saturated rings. The van der Waals surface area contributed by atoms with E-state index in [9.17, 15) is 4.39 Å². The van der Waals surface area contributed by atoms with Crippen molar-refractivity contribution in [2.45, 2.75) is 55.9 Å². The van der Waals surface area contributed by atoms with Gasteiger partial charge in [0.25, 0.3) is 0 Å². The number of aromatic nitrogens is 4. The topological polar surface area (TPSA) is 88.6 Å². The number of rotatable bonds is 5. The minimum atomic E-state index is -0.914. The lowest BCUT2D eigenvalue weighted by atomic mass is 9.91. The van der Waals surface area contributed by atoms with Crippen molar-refractivity contribution in [3.63, 3.8) is 0 Å². The Morgan fingerprint density at radius 1 is 1.06 bits per heavy atom. The highest BCUT2D eigenvalue weighted by atomic mass is 19.1. The molecule has 2 aromatic heterocycles. The minimum Gasteiger partial charge on any atom is -0.461 e.